The van der Waals surface area contributed by atoms with Gasteiger partial charge in [0, 0.05) is 36.9 Å². The number of hydrogen-bond donors (Lipinski definition) is 1. The number of aromatic nitrogens is 3. The van der Waals surface area contributed by atoms with Crippen LogP contribution >= 0.6 is 15.9 Å². The van der Waals surface area contributed by atoms with E-state index in [4.69, 9.17) is 9.26 Å². The zero-order valence-corrected chi connectivity index (χ0v) is 21.5. The predicted octanol–water partition coefficient (Wildman–Crippen LogP) is 4.93. The van der Waals surface area contributed by atoms with Crippen LogP contribution in [-0.4, -0.2) is 53.2 Å². The lowest BCUT2D eigenvalue weighted by Crippen LogP contribution is -2.19. The Morgan fingerprint density at radius 2 is 1.92 bits per heavy atom. The van der Waals surface area contributed by atoms with Gasteiger partial charge in [0.05, 0.1) is 16.1 Å². The van der Waals surface area contributed by atoms with Crippen LogP contribution in [0.2, 0.25) is 0 Å². The molecule has 0 aliphatic carbocycles. The van der Waals surface area contributed by atoms with Crippen molar-refractivity contribution in [3.63, 3.8) is 0 Å². The second kappa shape index (κ2) is 11.1. The van der Waals surface area contributed by atoms with Crippen LogP contribution in [0.3, 0.4) is 0 Å². The van der Waals surface area contributed by atoms with Crippen molar-refractivity contribution in [1.29, 1.82) is 5.26 Å². The summed E-state index contributed by atoms with van der Waals surface area (Å²) >= 11 is 3.42. The van der Waals surface area contributed by atoms with Gasteiger partial charge in [-0.2, -0.15) is 10.2 Å². The molecular formula is C26H23BrN6O3. The first kappa shape index (κ1) is 25.0. The maximum Gasteiger partial charge on any atom is 0.256 e. The van der Waals surface area contributed by atoms with E-state index in [1.807, 2.05) is 31.1 Å². The van der Waals surface area contributed by atoms with Gasteiger partial charge in [-0.1, -0.05) is 29.4 Å². The summed E-state index contributed by atoms with van der Waals surface area (Å²) in [7, 11) is 3.93. The standard InChI is InChI=1S/C26H23BrN6O3/c1-16-30-25(32-36-16)19-8-9-21(20(12-19)14-28)17-4-6-18(7-5-17)26(34)31-24-13-23(22(27)15-29-24)35-11-10-33(2)3/h4-9,12-13,15H,10-11H2,1-3H3,(H,29,31,34). The summed E-state index contributed by atoms with van der Waals surface area (Å²) in [5, 5.41) is 16.4. The van der Waals surface area contributed by atoms with Crippen LogP contribution in [0.4, 0.5) is 5.82 Å². The molecule has 0 fully saturated rings. The second-order valence-electron chi connectivity index (χ2n) is 8.19. The largest absolute Gasteiger partial charge is 0.491 e. The lowest BCUT2D eigenvalue weighted by atomic mass is 9.97. The van der Waals surface area contributed by atoms with Crippen molar-refractivity contribution >= 4 is 27.7 Å². The van der Waals surface area contributed by atoms with Crippen molar-refractivity contribution in [1.82, 2.24) is 20.0 Å². The molecular weight excluding hydrogens is 524 g/mol. The average Bonchev–Trinajstić information content (AvgIpc) is 3.31. The lowest BCUT2D eigenvalue weighted by molar-refractivity contribution is 0.102. The molecule has 36 heavy (non-hydrogen) atoms. The topological polar surface area (TPSA) is 117 Å². The van der Waals surface area contributed by atoms with Crippen molar-refractivity contribution in [2.24, 2.45) is 0 Å². The maximum absolute atomic E-state index is 12.8. The quantitative estimate of drug-likeness (QED) is 0.330. The third-order valence-corrected chi connectivity index (χ3v) is 5.84. The van der Waals surface area contributed by atoms with Crippen LogP contribution in [0.15, 0.2) is 63.7 Å². The summed E-state index contributed by atoms with van der Waals surface area (Å²) in [5.74, 6) is 1.55. The zero-order valence-electron chi connectivity index (χ0n) is 19.9. The van der Waals surface area contributed by atoms with Gasteiger partial charge in [-0.15, -0.1) is 0 Å². The summed E-state index contributed by atoms with van der Waals surface area (Å²) in [5.41, 5.74) is 3.15. The van der Waals surface area contributed by atoms with Gasteiger partial charge in [0.15, 0.2) is 0 Å². The third-order valence-electron chi connectivity index (χ3n) is 5.24. The molecule has 0 spiro atoms. The van der Waals surface area contributed by atoms with E-state index in [2.05, 4.69) is 42.4 Å². The number of carbonyl (C=O) groups is 1. The monoisotopic (exact) mass is 546 g/mol. The van der Waals surface area contributed by atoms with Gasteiger partial charge in [0.2, 0.25) is 11.7 Å². The van der Waals surface area contributed by atoms with Crippen LogP contribution in [0.1, 0.15) is 21.8 Å². The molecule has 1 N–H and O–H groups in total. The van der Waals surface area contributed by atoms with E-state index in [0.29, 0.717) is 51.1 Å². The molecule has 4 rings (SSSR count). The van der Waals surface area contributed by atoms with Crippen molar-refractivity contribution in [2.45, 2.75) is 6.92 Å². The van der Waals surface area contributed by atoms with Crippen LogP contribution in [-0.2, 0) is 0 Å². The number of amides is 1. The molecule has 1 amide bonds. The number of rotatable bonds is 8. The molecule has 0 bridgehead atoms. The van der Waals surface area contributed by atoms with Gasteiger partial charge in [0.25, 0.3) is 5.91 Å². The maximum atomic E-state index is 12.8. The van der Waals surface area contributed by atoms with Crippen molar-refractivity contribution in [3.05, 3.63) is 76.2 Å². The number of likely N-dealkylation sites (N-methyl/N-ethyl adjacent to an activating group) is 1. The molecule has 0 saturated carbocycles. The number of pyridine rings is 1. The summed E-state index contributed by atoms with van der Waals surface area (Å²) in [4.78, 5) is 23.3. The third kappa shape index (κ3) is 5.94. The van der Waals surface area contributed by atoms with E-state index in [0.717, 1.165) is 17.7 Å². The molecule has 0 aliphatic rings. The van der Waals surface area contributed by atoms with Gasteiger partial charge in [0.1, 0.15) is 18.2 Å². The molecule has 10 heteroatoms. The van der Waals surface area contributed by atoms with Gasteiger partial charge in [-0.3, -0.25) is 4.79 Å². The summed E-state index contributed by atoms with van der Waals surface area (Å²) in [6.45, 7) is 2.97. The van der Waals surface area contributed by atoms with Crippen molar-refractivity contribution < 1.29 is 14.1 Å². The number of nitriles is 1. The number of hydrogen-bond acceptors (Lipinski definition) is 8. The molecule has 2 aromatic carbocycles. The second-order valence-corrected chi connectivity index (χ2v) is 9.05. The van der Waals surface area contributed by atoms with E-state index in [1.54, 1.807) is 49.5 Å². The minimum atomic E-state index is -0.307. The summed E-state index contributed by atoms with van der Waals surface area (Å²) in [6, 6.07) is 16.3. The highest BCUT2D eigenvalue weighted by Gasteiger charge is 2.13. The van der Waals surface area contributed by atoms with E-state index in [9.17, 15) is 10.1 Å². The Labute approximate surface area is 216 Å². The molecule has 2 aromatic heterocycles. The van der Waals surface area contributed by atoms with Gasteiger partial charge in [-0.05, 0) is 59.4 Å². The Bertz CT molecular complexity index is 1430. The van der Waals surface area contributed by atoms with Crippen LogP contribution < -0.4 is 10.1 Å². The smallest absolute Gasteiger partial charge is 0.256 e. The first-order valence-corrected chi connectivity index (χ1v) is 11.8. The van der Waals surface area contributed by atoms with Crippen molar-refractivity contribution in [3.8, 4) is 34.3 Å². The highest BCUT2D eigenvalue weighted by Crippen LogP contribution is 2.29. The average molecular weight is 547 g/mol. The molecule has 4 aromatic rings. The Kier molecular flexibility index (Phi) is 7.73. The number of anilines is 1. The molecule has 182 valence electrons. The van der Waals surface area contributed by atoms with E-state index in [-0.39, 0.29) is 5.91 Å². The van der Waals surface area contributed by atoms with Crippen LogP contribution in [0.5, 0.6) is 5.75 Å². The van der Waals surface area contributed by atoms with Gasteiger partial charge in [-0.25, -0.2) is 4.98 Å². The highest BCUT2D eigenvalue weighted by atomic mass is 79.9. The molecule has 0 radical (unpaired) electrons. The molecule has 9 nitrogen and oxygen atoms in total. The minimum absolute atomic E-state index is 0.307. The molecule has 0 unspecified atom stereocenters. The van der Waals surface area contributed by atoms with Crippen LogP contribution in [0, 0.1) is 18.3 Å². The number of aryl methyl sites for hydroxylation is 1. The SMILES string of the molecule is Cc1nc(-c2ccc(-c3ccc(C(=O)Nc4cc(OCCN(C)C)c(Br)cn4)cc3)c(C#N)c2)no1. The fourth-order valence-corrected chi connectivity index (χ4v) is 3.70. The molecule has 0 atom stereocenters. The molecule has 2 heterocycles. The Balaban J connectivity index is 1.48. The zero-order chi connectivity index (χ0) is 25.7. The van der Waals surface area contributed by atoms with E-state index < -0.39 is 0 Å². The van der Waals surface area contributed by atoms with E-state index in [1.165, 1.54) is 0 Å². The molecule has 0 aliphatic heterocycles. The van der Waals surface area contributed by atoms with Crippen molar-refractivity contribution in [2.75, 3.05) is 32.6 Å². The fraction of sp³-hybridized carbons (Fsp3) is 0.192. The van der Waals surface area contributed by atoms with Crippen LogP contribution in [0.25, 0.3) is 22.5 Å². The molecule has 0 saturated heterocycles. The predicted molar refractivity (Wildman–Crippen MR) is 139 cm³/mol. The van der Waals surface area contributed by atoms with Gasteiger partial charge >= 0.3 is 0 Å². The normalized spacial score (nSPS) is 10.8. The Morgan fingerprint density at radius 3 is 2.58 bits per heavy atom. The first-order chi connectivity index (χ1) is 17.3. The number of halogens is 1. The Morgan fingerprint density at radius 1 is 1.17 bits per heavy atom. The number of benzene rings is 2. The minimum Gasteiger partial charge on any atom is -0.491 e. The Hall–Kier alpha value is -4.07. The number of nitrogens with one attached hydrogen (secondary N) is 1. The highest BCUT2D eigenvalue weighted by molar-refractivity contribution is 9.10. The summed E-state index contributed by atoms with van der Waals surface area (Å²) < 4.78 is 11.5. The number of ether oxygens (including phenoxy) is 1. The summed E-state index contributed by atoms with van der Waals surface area (Å²) in [6.07, 6.45) is 1.59. The first-order valence-electron chi connectivity index (χ1n) is 11.0. The fourth-order valence-electron chi connectivity index (χ4n) is 3.37. The number of nitrogens with zero attached hydrogens (tertiary/aromatic N) is 5. The lowest BCUT2D eigenvalue weighted by Gasteiger charge is -2.13. The number of carbonyl (C=O) groups excluding carboxylic acids is 1. The van der Waals surface area contributed by atoms with E-state index >= 15 is 0 Å². The van der Waals surface area contributed by atoms with Gasteiger partial charge < -0.3 is 19.5 Å².